The second-order valence-electron chi connectivity index (χ2n) is 8.00. The van der Waals surface area contributed by atoms with Gasteiger partial charge in [0.1, 0.15) is 11.2 Å². The van der Waals surface area contributed by atoms with Crippen molar-refractivity contribution in [2.75, 3.05) is 16.7 Å². The third-order valence-corrected chi connectivity index (χ3v) is 7.19. The number of fused-ring (bicyclic) bond motifs is 1. The van der Waals surface area contributed by atoms with E-state index >= 15 is 0 Å². The van der Waals surface area contributed by atoms with E-state index in [1.54, 1.807) is 10.8 Å². The van der Waals surface area contributed by atoms with Crippen LogP contribution in [0.5, 0.6) is 0 Å². The molecule has 0 fully saturated rings. The van der Waals surface area contributed by atoms with Crippen molar-refractivity contribution in [3.8, 4) is 0 Å². The van der Waals surface area contributed by atoms with Gasteiger partial charge in [-0.05, 0) is 23.3 Å². The maximum atomic E-state index is 13.1. The van der Waals surface area contributed by atoms with Gasteiger partial charge < -0.3 is 4.90 Å². The summed E-state index contributed by atoms with van der Waals surface area (Å²) in [5.74, 6) is 0. The number of alkyl halides is 3. The summed E-state index contributed by atoms with van der Waals surface area (Å²) in [7, 11) is -3.86. The predicted molar refractivity (Wildman–Crippen MR) is 120 cm³/mol. The second kappa shape index (κ2) is 8.06. The number of halogens is 3. The predicted octanol–water partition coefficient (Wildman–Crippen LogP) is 5.68. The van der Waals surface area contributed by atoms with Gasteiger partial charge in [0.15, 0.2) is 0 Å². The number of aromatic nitrogens is 2. The van der Waals surface area contributed by atoms with Gasteiger partial charge >= 0.3 is 15.5 Å². The number of azo groups is 1. The van der Waals surface area contributed by atoms with Gasteiger partial charge in [-0.1, -0.05) is 55.5 Å². The Bertz CT molecular complexity index is 1290. The summed E-state index contributed by atoms with van der Waals surface area (Å²) in [5.41, 5.74) is -2.55. The van der Waals surface area contributed by atoms with Gasteiger partial charge in [-0.15, -0.1) is 20.4 Å². The van der Waals surface area contributed by atoms with Crippen LogP contribution < -0.4 is 9.62 Å². The van der Waals surface area contributed by atoms with Crippen LogP contribution in [0.2, 0.25) is 0 Å². The minimum absolute atomic E-state index is 0.0630. The first-order valence-corrected chi connectivity index (χ1v) is 12.0. The number of rotatable bonds is 5. The van der Waals surface area contributed by atoms with Crippen LogP contribution in [0.4, 0.5) is 35.4 Å². The SMILES string of the molecule is CN1c2cc(NS(=O)(=O)C(F)(F)F)c(N=Nc3nncs3)cc2C(C)(C)C1c1ccccc1. The molecule has 0 saturated heterocycles. The minimum Gasteiger partial charge on any atom is -0.366 e. The Kier molecular flexibility index (Phi) is 5.65. The molecule has 33 heavy (non-hydrogen) atoms. The van der Waals surface area contributed by atoms with Gasteiger partial charge in [0.2, 0.25) is 0 Å². The number of sulfonamides is 1. The fraction of sp³-hybridized carbons (Fsp3) is 0.300. The quantitative estimate of drug-likeness (QED) is 0.458. The Balaban J connectivity index is 1.86. The molecule has 3 aromatic rings. The third-order valence-electron chi connectivity index (χ3n) is 5.52. The van der Waals surface area contributed by atoms with Crippen LogP contribution in [0.1, 0.15) is 31.0 Å². The van der Waals surface area contributed by atoms with Crippen LogP contribution in [-0.4, -0.2) is 31.2 Å². The van der Waals surface area contributed by atoms with Gasteiger partial charge in [-0.2, -0.15) is 21.6 Å². The summed E-state index contributed by atoms with van der Waals surface area (Å²) in [6.07, 6.45) is 0. The molecule has 0 saturated carbocycles. The Hall–Kier alpha value is -3.06. The smallest absolute Gasteiger partial charge is 0.366 e. The first-order chi connectivity index (χ1) is 15.4. The van der Waals surface area contributed by atoms with E-state index in [-0.39, 0.29) is 22.5 Å². The van der Waals surface area contributed by atoms with Crippen molar-refractivity contribution in [2.45, 2.75) is 30.8 Å². The Labute approximate surface area is 192 Å². The lowest BCUT2D eigenvalue weighted by Crippen LogP contribution is -2.31. The van der Waals surface area contributed by atoms with Crippen LogP contribution >= 0.6 is 11.3 Å². The molecule has 2 aromatic carbocycles. The highest BCUT2D eigenvalue weighted by Gasteiger charge is 2.48. The summed E-state index contributed by atoms with van der Waals surface area (Å²) < 4.78 is 64.6. The molecule has 1 aliphatic rings. The number of anilines is 2. The van der Waals surface area contributed by atoms with Crippen LogP contribution in [0.15, 0.2) is 58.2 Å². The zero-order chi connectivity index (χ0) is 24.0. The zero-order valence-corrected chi connectivity index (χ0v) is 19.3. The standard InChI is InChI=1S/C20H19F3N6O2S2/c1-19(2)13-9-14(25-27-18-26-24-11-32-18)15(28-33(30,31)20(21,22)23)10-16(13)29(3)17(19)12-7-5-4-6-8-12/h4-11,17,28H,1-3H3. The molecule has 8 nitrogen and oxygen atoms in total. The Morgan fingerprint density at radius 1 is 1.15 bits per heavy atom. The summed E-state index contributed by atoms with van der Waals surface area (Å²) in [6, 6.07) is 12.4. The average Bonchev–Trinajstić information content (AvgIpc) is 3.31. The van der Waals surface area contributed by atoms with Crippen molar-refractivity contribution in [2.24, 2.45) is 10.2 Å². The molecule has 1 N–H and O–H groups in total. The number of nitrogens with one attached hydrogen (secondary N) is 1. The third kappa shape index (κ3) is 4.17. The van der Waals surface area contributed by atoms with Crippen molar-refractivity contribution >= 4 is 43.6 Å². The fourth-order valence-corrected chi connectivity index (χ4v) is 5.04. The van der Waals surface area contributed by atoms with E-state index < -0.39 is 20.9 Å². The van der Waals surface area contributed by atoms with Gasteiger partial charge in [-0.3, -0.25) is 4.72 Å². The zero-order valence-electron chi connectivity index (χ0n) is 17.7. The molecule has 4 rings (SSSR count). The number of hydrogen-bond donors (Lipinski definition) is 1. The van der Waals surface area contributed by atoms with Crippen LogP contribution in [0, 0.1) is 0 Å². The van der Waals surface area contributed by atoms with E-state index in [9.17, 15) is 21.6 Å². The van der Waals surface area contributed by atoms with Gasteiger partial charge in [0.05, 0.1) is 11.7 Å². The lowest BCUT2D eigenvalue weighted by molar-refractivity contribution is -0.0429. The molecule has 174 valence electrons. The van der Waals surface area contributed by atoms with Gasteiger partial charge in [0, 0.05) is 18.2 Å². The lowest BCUT2D eigenvalue weighted by atomic mass is 9.77. The number of hydrogen-bond acceptors (Lipinski definition) is 8. The van der Waals surface area contributed by atoms with E-state index in [4.69, 9.17) is 0 Å². The largest absolute Gasteiger partial charge is 0.516 e. The molecule has 1 atom stereocenters. The van der Waals surface area contributed by atoms with Crippen molar-refractivity contribution < 1.29 is 21.6 Å². The lowest BCUT2D eigenvalue weighted by Gasteiger charge is -2.32. The maximum absolute atomic E-state index is 13.1. The summed E-state index contributed by atoms with van der Waals surface area (Å²) in [4.78, 5) is 1.92. The molecule has 0 aliphatic carbocycles. The minimum atomic E-state index is -5.67. The molecule has 13 heteroatoms. The summed E-state index contributed by atoms with van der Waals surface area (Å²) >= 11 is 1.08. The summed E-state index contributed by atoms with van der Waals surface area (Å²) in [6.45, 7) is 4.02. The van der Waals surface area contributed by atoms with Crippen molar-refractivity contribution in [3.05, 3.63) is 59.1 Å². The maximum Gasteiger partial charge on any atom is 0.516 e. The molecule has 1 unspecified atom stereocenters. The summed E-state index contributed by atoms with van der Waals surface area (Å²) in [5, 5.41) is 15.4. The van der Waals surface area contributed by atoms with Crippen molar-refractivity contribution in [3.63, 3.8) is 0 Å². The number of likely N-dealkylation sites (N-methyl/N-ethyl adjacent to an activating group) is 1. The van der Waals surface area contributed by atoms with E-state index in [1.165, 1.54) is 11.6 Å². The molecule has 0 radical (unpaired) electrons. The first kappa shape index (κ1) is 23.1. The Morgan fingerprint density at radius 3 is 2.45 bits per heavy atom. The highest BCUT2D eigenvalue weighted by atomic mass is 32.2. The fourth-order valence-electron chi connectivity index (χ4n) is 4.11. The highest BCUT2D eigenvalue weighted by molar-refractivity contribution is 7.93. The van der Waals surface area contributed by atoms with Crippen LogP contribution in [-0.2, 0) is 15.4 Å². The molecular weight excluding hydrogens is 477 g/mol. The Morgan fingerprint density at radius 2 is 1.85 bits per heavy atom. The number of nitrogens with zero attached hydrogens (tertiary/aromatic N) is 5. The number of benzene rings is 2. The van der Waals surface area contributed by atoms with E-state index in [0.717, 1.165) is 22.5 Å². The normalized spacial score (nSPS) is 18.0. The molecule has 0 spiro atoms. The molecular formula is C20H19F3N6O2S2. The molecule has 2 heterocycles. The monoisotopic (exact) mass is 496 g/mol. The van der Waals surface area contributed by atoms with E-state index in [2.05, 4.69) is 20.4 Å². The van der Waals surface area contributed by atoms with E-state index in [0.29, 0.717) is 5.69 Å². The van der Waals surface area contributed by atoms with Crippen molar-refractivity contribution in [1.82, 2.24) is 10.2 Å². The molecule has 1 aliphatic heterocycles. The molecule has 0 bridgehead atoms. The van der Waals surface area contributed by atoms with Gasteiger partial charge in [-0.25, -0.2) is 0 Å². The highest BCUT2D eigenvalue weighted by Crippen LogP contribution is 2.54. The van der Waals surface area contributed by atoms with Crippen LogP contribution in [0.3, 0.4) is 0 Å². The average molecular weight is 497 g/mol. The first-order valence-electron chi connectivity index (χ1n) is 9.65. The van der Waals surface area contributed by atoms with Gasteiger partial charge in [0.25, 0.3) is 5.13 Å². The topological polar surface area (TPSA) is 99.9 Å². The molecule has 1 aromatic heterocycles. The van der Waals surface area contributed by atoms with E-state index in [1.807, 2.05) is 56.1 Å². The second-order valence-corrected chi connectivity index (χ2v) is 10.5. The van der Waals surface area contributed by atoms with Crippen molar-refractivity contribution in [1.29, 1.82) is 0 Å². The van der Waals surface area contributed by atoms with Crippen LogP contribution in [0.25, 0.3) is 0 Å². The molecule has 0 amide bonds.